The Morgan fingerprint density at radius 2 is 2.08 bits per heavy atom. The van der Waals surface area contributed by atoms with Crippen molar-refractivity contribution in [2.45, 2.75) is 18.9 Å². The number of rotatable bonds is 5. The van der Waals surface area contributed by atoms with Crippen LogP contribution in [0.3, 0.4) is 0 Å². The number of hydrogen-bond donors (Lipinski definition) is 2. The Labute approximate surface area is 148 Å². The lowest BCUT2D eigenvalue weighted by Crippen LogP contribution is -2.54. The van der Waals surface area contributed by atoms with Crippen LogP contribution in [-0.4, -0.2) is 47.1 Å². The third-order valence-electron chi connectivity index (χ3n) is 4.05. The van der Waals surface area contributed by atoms with E-state index in [1.54, 1.807) is 0 Å². The topological polar surface area (TPSA) is 122 Å². The standard InChI is InChI=1S/C17H15N3O6/c1-2-18-13(22)8-26-11-5-3-4-9-14(11)17(25)20(16(9)24)10-6-7-12(21)19-15(10)23/h2-5,10H,1,6-8H2,(H,18,22)(H,19,21,23). The van der Waals surface area contributed by atoms with Crippen molar-refractivity contribution in [1.29, 1.82) is 0 Å². The lowest BCUT2D eigenvalue weighted by atomic mass is 10.0. The third-order valence-corrected chi connectivity index (χ3v) is 4.05. The van der Waals surface area contributed by atoms with E-state index in [2.05, 4.69) is 17.2 Å². The number of carbonyl (C=O) groups is 5. The van der Waals surface area contributed by atoms with Crippen molar-refractivity contribution in [1.82, 2.24) is 15.5 Å². The predicted octanol–water partition coefficient (Wildman–Crippen LogP) is -0.274. The molecule has 0 radical (unpaired) electrons. The van der Waals surface area contributed by atoms with Crippen LogP contribution >= 0.6 is 0 Å². The van der Waals surface area contributed by atoms with Crippen LogP contribution in [-0.2, 0) is 14.4 Å². The lowest BCUT2D eigenvalue weighted by Gasteiger charge is -2.27. The van der Waals surface area contributed by atoms with Crippen LogP contribution in [0.4, 0.5) is 0 Å². The van der Waals surface area contributed by atoms with Gasteiger partial charge in [0.25, 0.3) is 17.7 Å². The van der Waals surface area contributed by atoms with Gasteiger partial charge in [0.1, 0.15) is 11.8 Å². The van der Waals surface area contributed by atoms with Crippen molar-refractivity contribution in [3.63, 3.8) is 0 Å². The Morgan fingerprint density at radius 3 is 2.77 bits per heavy atom. The fourth-order valence-electron chi connectivity index (χ4n) is 2.90. The fourth-order valence-corrected chi connectivity index (χ4v) is 2.90. The molecule has 2 N–H and O–H groups in total. The summed E-state index contributed by atoms with van der Waals surface area (Å²) in [5, 5.41) is 4.45. The number of amides is 5. The highest BCUT2D eigenvalue weighted by Gasteiger charge is 2.45. The zero-order chi connectivity index (χ0) is 18.8. The van der Waals surface area contributed by atoms with Gasteiger partial charge >= 0.3 is 0 Å². The van der Waals surface area contributed by atoms with E-state index in [1.165, 1.54) is 24.4 Å². The molecule has 9 heteroatoms. The molecule has 0 aromatic heterocycles. The summed E-state index contributed by atoms with van der Waals surface area (Å²) < 4.78 is 5.35. The van der Waals surface area contributed by atoms with Crippen LogP contribution in [0.2, 0.25) is 0 Å². The maximum absolute atomic E-state index is 12.8. The van der Waals surface area contributed by atoms with E-state index in [0.717, 1.165) is 4.90 Å². The van der Waals surface area contributed by atoms with Crippen LogP contribution in [0.15, 0.2) is 31.0 Å². The van der Waals surface area contributed by atoms with Gasteiger partial charge in [-0.15, -0.1) is 0 Å². The second-order valence-electron chi connectivity index (χ2n) is 5.69. The predicted molar refractivity (Wildman–Crippen MR) is 86.9 cm³/mol. The second kappa shape index (κ2) is 6.79. The van der Waals surface area contributed by atoms with Crippen LogP contribution < -0.4 is 15.4 Å². The number of carbonyl (C=O) groups excluding carboxylic acids is 5. The third kappa shape index (κ3) is 2.94. The van der Waals surface area contributed by atoms with Gasteiger partial charge < -0.3 is 10.1 Å². The average Bonchev–Trinajstić information content (AvgIpc) is 2.85. The van der Waals surface area contributed by atoms with Gasteiger partial charge in [0, 0.05) is 6.42 Å². The highest BCUT2D eigenvalue weighted by molar-refractivity contribution is 6.24. The maximum Gasteiger partial charge on any atom is 0.266 e. The molecule has 2 aliphatic rings. The van der Waals surface area contributed by atoms with Gasteiger partial charge in [-0.05, 0) is 24.8 Å². The first-order valence-electron chi connectivity index (χ1n) is 7.81. The molecule has 5 amide bonds. The van der Waals surface area contributed by atoms with Crippen molar-refractivity contribution in [3.8, 4) is 5.75 Å². The minimum Gasteiger partial charge on any atom is -0.483 e. The minimum absolute atomic E-state index is 0.00592. The van der Waals surface area contributed by atoms with E-state index in [-0.39, 0.29) is 36.3 Å². The van der Waals surface area contributed by atoms with E-state index in [0.29, 0.717) is 0 Å². The molecule has 0 bridgehead atoms. The van der Waals surface area contributed by atoms with E-state index in [9.17, 15) is 24.0 Å². The summed E-state index contributed by atoms with van der Waals surface area (Å²) in [7, 11) is 0. The van der Waals surface area contributed by atoms with Crippen LogP contribution in [0.5, 0.6) is 5.75 Å². The van der Waals surface area contributed by atoms with E-state index < -0.39 is 35.6 Å². The van der Waals surface area contributed by atoms with Crippen LogP contribution in [0.25, 0.3) is 0 Å². The van der Waals surface area contributed by atoms with E-state index in [4.69, 9.17) is 4.74 Å². The molecule has 0 spiro atoms. The molecular weight excluding hydrogens is 342 g/mol. The van der Waals surface area contributed by atoms with Crippen molar-refractivity contribution in [2.24, 2.45) is 0 Å². The first-order chi connectivity index (χ1) is 12.4. The highest BCUT2D eigenvalue weighted by Crippen LogP contribution is 2.33. The van der Waals surface area contributed by atoms with Gasteiger partial charge in [-0.3, -0.25) is 34.2 Å². The van der Waals surface area contributed by atoms with Crippen LogP contribution in [0.1, 0.15) is 33.6 Å². The number of fused-ring (bicyclic) bond motifs is 1. The fraction of sp³-hybridized carbons (Fsp3) is 0.235. The van der Waals surface area contributed by atoms with E-state index in [1.807, 2.05) is 0 Å². The largest absolute Gasteiger partial charge is 0.483 e. The number of nitrogens with zero attached hydrogens (tertiary/aromatic N) is 1. The molecule has 1 saturated heterocycles. The van der Waals surface area contributed by atoms with Gasteiger partial charge in [0.05, 0.1) is 11.1 Å². The van der Waals surface area contributed by atoms with Crippen molar-refractivity contribution in [2.75, 3.05) is 6.61 Å². The molecule has 2 aliphatic heterocycles. The van der Waals surface area contributed by atoms with Crippen molar-refractivity contribution < 1.29 is 28.7 Å². The van der Waals surface area contributed by atoms with Crippen molar-refractivity contribution >= 4 is 29.5 Å². The summed E-state index contributed by atoms with van der Waals surface area (Å²) in [6.45, 7) is 2.98. The molecule has 2 heterocycles. The van der Waals surface area contributed by atoms with Gasteiger partial charge in [-0.2, -0.15) is 0 Å². The molecule has 1 aromatic rings. The second-order valence-corrected chi connectivity index (χ2v) is 5.69. The molecule has 26 heavy (non-hydrogen) atoms. The molecule has 1 atom stereocenters. The summed E-state index contributed by atoms with van der Waals surface area (Å²) in [6.07, 6.45) is 1.30. The van der Waals surface area contributed by atoms with Crippen LogP contribution in [0, 0.1) is 0 Å². The first kappa shape index (κ1) is 17.3. The number of piperidine rings is 1. The molecule has 0 aliphatic carbocycles. The molecule has 1 fully saturated rings. The highest BCUT2D eigenvalue weighted by atomic mass is 16.5. The number of benzene rings is 1. The lowest BCUT2D eigenvalue weighted by molar-refractivity contribution is -0.136. The number of hydrogen-bond acceptors (Lipinski definition) is 6. The number of nitrogens with one attached hydrogen (secondary N) is 2. The minimum atomic E-state index is -1.06. The Hall–Kier alpha value is -3.49. The molecule has 0 saturated carbocycles. The smallest absolute Gasteiger partial charge is 0.266 e. The average molecular weight is 357 g/mol. The zero-order valence-corrected chi connectivity index (χ0v) is 13.6. The Bertz CT molecular complexity index is 847. The molecule has 1 unspecified atom stereocenters. The molecule has 3 rings (SSSR count). The molecule has 1 aromatic carbocycles. The normalized spacial score (nSPS) is 19.1. The van der Waals surface area contributed by atoms with Crippen molar-refractivity contribution in [3.05, 3.63) is 42.1 Å². The van der Waals surface area contributed by atoms with Gasteiger partial charge in [0.2, 0.25) is 11.8 Å². The number of imide groups is 2. The maximum atomic E-state index is 12.8. The molecule has 9 nitrogen and oxygen atoms in total. The first-order valence-corrected chi connectivity index (χ1v) is 7.81. The quantitative estimate of drug-likeness (QED) is 0.700. The summed E-state index contributed by atoms with van der Waals surface area (Å²) in [5.41, 5.74) is 0.0786. The summed E-state index contributed by atoms with van der Waals surface area (Å²) >= 11 is 0. The van der Waals surface area contributed by atoms with Gasteiger partial charge in [-0.1, -0.05) is 12.6 Å². The van der Waals surface area contributed by atoms with Gasteiger partial charge in [-0.25, -0.2) is 0 Å². The molecule has 134 valence electrons. The van der Waals surface area contributed by atoms with Gasteiger partial charge in [0.15, 0.2) is 6.61 Å². The molecular formula is C17H15N3O6. The zero-order valence-electron chi connectivity index (χ0n) is 13.6. The Balaban J connectivity index is 1.87. The summed E-state index contributed by atoms with van der Waals surface area (Å²) in [6, 6.07) is 3.35. The Morgan fingerprint density at radius 1 is 1.31 bits per heavy atom. The Kier molecular flexibility index (Phi) is 4.53. The number of ether oxygens (including phenoxy) is 1. The summed E-state index contributed by atoms with van der Waals surface area (Å²) in [5.74, 6) is -2.88. The monoisotopic (exact) mass is 357 g/mol. The summed E-state index contributed by atoms with van der Waals surface area (Å²) in [4.78, 5) is 61.0. The SMILES string of the molecule is C=CNC(=O)COc1cccc2c1C(=O)N(C1CCC(=O)NC1=O)C2=O. The van der Waals surface area contributed by atoms with E-state index >= 15 is 0 Å².